The Morgan fingerprint density at radius 3 is 2.30 bits per heavy atom. The van der Waals surface area contributed by atoms with E-state index in [1.165, 1.54) is 24.3 Å². The summed E-state index contributed by atoms with van der Waals surface area (Å²) in [6, 6.07) is 11.8. The largest absolute Gasteiger partial charge is 0.368 e. The van der Waals surface area contributed by atoms with Gasteiger partial charge in [-0.15, -0.1) is 0 Å². The van der Waals surface area contributed by atoms with Gasteiger partial charge in [0.25, 0.3) is 0 Å². The van der Waals surface area contributed by atoms with E-state index in [4.69, 9.17) is 11.6 Å². The van der Waals surface area contributed by atoms with Crippen LogP contribution in [0.15, 0.2) is 48.5 Å². The van der Waals surface area contributed by atoms with Crippen LogP contribution in [0.2, 0.25) is 5.02 Å². The minimum Gasteiger partial charge on any atom is -0.368 e. The first-order valence-electron chi connectivity index (χ1n) is 9.75. The van der Waals surface area contributed by atoms with Gasteiger partial charge in [-0.3, -0.25) is 9.10 Å². The summed E-state index contributed by atoms with van der Waals surface area (Å²) in [7, 11) is -3.75. The summed E-state index contributed by atoms with van der Waals surface area (Å²) in [6.07, 6.45) is 1.36. The molecule has 0 bridgehead atoms. The Morgan fingerprint density at radius 1 is 1.13 bits per heavy atom. The van der Waals surface area contributed by atoms with Gasteiger partial charge in [0, 0.05) is 36.9 Å². The van der Waals surface area contributed by atoms with Crippen LogP contribution in [0, 0.1) is 5.82 Å². The highest BCUT2D eigenvalue weighted by Crippen LogP contribution is 2.25. The molecule has 1 saturated heterocycles. The molecule has 1 fully saturated rings. The molecular weight excluding hydrogens is 429 g/mol. The highest BCUT2D eigenvalue weighted by molar-refractivity contribution is 7.92. The quantitative estimate of drug-likeness (QED) is 0.672. The third kappa shape index (κ3) is 5.05. The molecule has 0 spiro atoms. The van der Waals surface area contributed by atoms with Crippen LogP contribution in [0.1, 0.15) is 13.3 Å². The summed E-state index contributed by atoms with van der Waals surface area (Å²) < 4.78 is 39.4. The lowest BCUT2D eigenvalue weighted by molar-refractivity contribution is -0.132. The summed E-state index contributed by atoms with van der Waals surface area (Å²) in [5.41, 5.74) is 1.27. The minimum absolute atomic E-state index is 0.252. The van der Waals surface area contributed by atoms with E-state index in [1.807, 2.05) is 24.3 Å². The van der Waals surface area contributed by atoms with Crippen molar-refractivity contribution >= 4 is 38.9 Å². The summed E-state index contributed by atoms with van der Waals surface area (Å²) >= 11 is 6.07. The molecule has 1 atom stereocenters. The van der Waals surface area contributed by atoms with Gasteiger partial charge in [0.1, 0.15) is 11.9 Å². The van der Waals surface area contributed by atoms with Gasteiger partial charge in [0.2, 0.25) is 15.9 Å². The molecule has 162 valence electrons. The van der Waals surface area contributed by atoms with Crippen LogP contribution in [0.25, 0.3) is 0 Å². The third-order valence-corrected chi connectivity index (χ3v) is 6.57. The van der Waals surface area contributed by atoms with E-state index < -0.39 is 21.9 Å². The average molecular weight is 454 g/mol. The maximum absolute atomic E-state index is 13.3. The monoisotopic (exact) mass is 453 g/mol. The minimum atomic E-state index is -3.75. The normalized spacial score (nSPS) is 15.7. The molecule has 2 aromatic rings. The van der Waals surface area contributed by atoms with E-state index in [1.54, 1.807) is 11.8 Å². The van der Waals surface area contributed by atoms with Gasteiger partial charge in [-0.2, -0.15) is 0 Å². The molecule has 0 aliphatic carbocycles. The van der Waals surface area contributed by atoms with Crippen molar-refractivity contribution in [3.05, 3.63) is 59.4 Å². The molecule has 3 rings (SSSR count). The van der Waals surface area contributed by atoms with Gasteiger partial charge >= 0.3 is 0 Å². The summed E-state index contributed by atoms with van der Waals surface area (Å²) in [5.74, 6) is -0.721. The second-order valence-electron chi connectivity index (χ2n) is 7.25. The number of carbonyl (C=O) groups excluding carboxylic acids is 1. The lowest BCUT2D eigenvalue weighted by atomic mass is 10.1. The van der Waals surface area contributed by atoms with Crippen molar-refractivity contribution in [1.82, 2.24) is 4.90 Å². The van der Waals surface area contributed by atoms with Crippen LogP contribution in [0.3, 0.4) is 0 Å². The molecule has 6 nitrogen and oxygen atoms in total. The van der Waals surface area contributed by atoms with Crippen molar-refractivity contribution in [3.8, 4) is 0 Å². The Hall–Kier alpha value is -2.32. The fourth-order valence-electron chi connectivity index (χ4n) is 3.70. The summed E-state index contributed by atoms with van der Waals surface area (Å²) in [6.45, 7) is 3.97. The first kappa shape index (κ1) is 22.4. The van der Waals surface area contributed by atoms with Gasteiger partial charge < -0.3 is 9.80 Å². The van der Waals surface area contributed by atoms with Crippen molar-refractivity contribution in [2.75, 3.05) is 41.6 Å². The zero-order valence-electron chi connectivity index (χ0n) is 17.0. The highest BCUT2D eigenvalue weighted by Gasteiger charge is 2.35. The first-order valence-corrected chi connectivity index (χ1v) is 12.0. The highest BCUT2D eigenvalue weighted by atomic mass is 35.5. The smallest absolute Gasteiger partial charge is 0.246 e. The molecule has 0 unspecified atom stereocenters. The number of piperazine rings is 1. The first-order chi connectivity index (χ1) is 14.2. The fraction of sp³-hybridized carbons (Fsp3) is 0.381. The number of benzene rings is 2. The third-order valence-electron chi connectivity index (χ3n) is 5.16. The maximum Gasteiger partial charge on any atom is 0.246 e. The second-order valence-corrected chi connectivity index (χ2v) is 9.55. The molecule has 1 aliphatic rings. The summed E-state index contributed by atoms with van der Waals surface area (Å²) in [5, 5.41) is 0.653. The van der Waals surface area contributed by atoms with Crippen LogP contribution in [-0.4, -0.2) is 57.7 Å². The molecule has 1 aliphatic heterocycles. The van der Waals surface area contributed by atoms with Crippen molar-refractivity contribution < 1.29 is 17.6 Å². The van der Waals surface area contributed by atoms with Gasteiger partial charge in [0.05, 0.1) is 11.9 Å². The van der Waals surface area contributed by atoms with Crippen LogP contribution >= 0.6 is 11.6 Å². The molecule has 1 heterocycles. The molecule has 0 aromatic heterocycles. The number of anilines is 2. The van der Waals surface area contributed by atoms with E-state index in [-0.39, 0.29) is 11.6 Å². The van der Waals surface area contributed by atoms with Crippen molar-refractivity contribution in [2.24, 2.45) is 0 Å². The molecule has 0 N–H and O–H groups in total. The van der Waals surface area contributed by atoms with Crippen LogP contribution in [-0.2, 0) is 14.8 Å². The van der Waals surface area contributed by atoms with Crippen molar-refractivity contribution in [1.29, 1.82) is 0 Å². The molecule has 9 heteroatoms. The Morgan fingerprint density at radius 2 is 1.77 bits per heavy atom. The number of hydrogen-bond donors (Lipinski definition) is 0. The van der Waals surface area contributed by atoms with E-state index in [0.29, 0.717) is 37.6 Å². The van der Waals surface area contributed by atoms with E-state index in [9.17, 15) is 17.6 Å². The van der Waals surface area contributed by atoms with Crippen molar-refractivity contribution in [2.45, 2.75) is 19.4 Å². The van der Waals surface area contributed by atoms with Gasteiger partial charge in [-0.1, -0.05) is 24.6 Å². The SMILES string of the molecule is CC[C@H](C(=O)N1CCN(c2cccc(Cl)c2)CC1)N(c1ccc(F)cc1)S(C)(=O)=O. The van der Waals surface area contributed by atoms with E-state index in [2.05, 4.69) is 4.90 Å². The number of amides is 1. The van der Waals surface area contributed by atoms with Crippen LogP contribution < -0.4 is 9.21 Å². The number of rotatable bonds is 6. The topological polar surface area (TPSA) is 60.9 Å². The maximum atomic E-state index is 13.3. The molecule has 0 radical (unpaired) electrons. The molecule has 30 heavy (non-hydrogen) atoms. The Labute approximate surface area is 181 Å². The number of hydrogen-bond acceptors (Lipinski definition) is 4. The Bertz CT molecular complexity index is 993. The van der Waals surface area contributed by atoms with Gasteiger partial charge in [-0.05, 0) is 48.9 Å². The van der Waals surface area contributed by atoms with Crippen LogP contribution in [0.5, 0.6) is 0 Å². The number of halogens is 2. The average Bonchev–Trinajstić information content (AvgIpc) is 2.71. The zero-order chi connectivity index (χ0) is 21.9. The van der Waals surface area contributed by atoms with E-state index in [0.717, 1.165) is 16.2 Å². The molecule has 1 amide bonds. The van der Waals surface area contributed by atoms with Gasteiger partial charge in [0.15, 0.2) is 0 Å². The lowest BCUT2D eigenvalue weighted by Crippen LogP contribution is -2.56. The fourth-order valence-corrected chi connectivity index (χ4v) is 5.09. The molecule has 2 aromatic carbocycles. The van der Waals surface area contributed by atoms with E-state index >= 15 is 0 Å². The van der Waals surface area contributed by atoms with Crippen LogP contribution in [0.4, 0.5) is 15.8 Å². The molecule has 0 saturated carbocycles. The Kier molecular flexibility index (Phi) is 6.88. The second kappa shape index (κ2) is 9.22. The molecular formula is C21H25ClFN3O3S. The summed E-state index contributed by atoms with van der Waals surface area (Å²) in [4.78, 5) is 17.1. The standard InChI is InChI=1S/C21H25ClFN3O3S/c1-3-20(26(30(2,28)29)18-9-7-17(23)8-10-18)21(27)25-13-11-24(12-14-25)19-6-4-5-16(22)15-19/h4-10,15,20H,3,11-14H2,1-2H3/t20-/m1/s1. The number of sulfonamides is 1. The van der Waals surface area contributed by atoms with Crippen molar-refractivity contribution in [3.63, 3.8) is 0 Å². The predicted molar refractivity (Wildman–Crippen MR) is 118 cm³/mol. The lowest BCUT2D eigenvalue weighted by Gasteiger charge is -2.39. The predicted octanol–water partition coefficient (Wildman–Crippen LogP) is 3.37. The number of nitrogens with zero attached hydrogens (tertiary/aromatic N) is 3. The zero-order valence-corrected chi connectivity index (χ0v) is 18.5. The van der Waals surface area contributed by atoms with Gasteiger partial charge in [-0.25, -0.2) is 12.8 Å². The Balaban J connectivity index is 1.77. The number of carbonyl (C=O) groups is 1.